The van der Waals surface area contributed by atoms with E-state index in [-0.39, 0.29) is 5.92 Å². The van der Waals surface area contributed by atoms with Gasteiger partial charge in [-0.1, -0.05) is 0 Å². The smallest absolute Gasteiger partial charge is 0.125 e. The molecule has 0 N–H and O–H groups in total. The summed E-state index contributed by atoms with van der Waals surface area (Å²) in [5.41, 5.74) is 0. The number of hydrogen-bond acceptors (Lipinski definition) is 3. The normalized spacial score (nSPS) is 29.1. The van der Waals surface area contributed by atoms with Gasteiger partial charge in [-0.25, -0.2) is 9.78 Å². The third kappa shape index (κ3) is 2.11. The molecule has 0 saturated carbocycles. The van der Waals surface area contributed by atoms with Gasteiger partial charge in [0.05, 0.1) is 13.2 Å². The summed E-state index contributed by atoms with van der Waals surface area (Å²) in [4.78, 5) is 19.5. The molecule has 0 radical (unpaired) electrons. The van der Waals surface area contributed by atoms with Crippen LogP contribution in [0.3, 0.4) is 0 Å². The van der Waals surface area contributed by atoms with Gasteiger partial charge in [0.2, 0.25) is 0 Å². The molecule has 3 nitrogen and oxygen atoms in total. The van der Waals surface area contributed by atoms with Crippen LogP contribution in [0, 0.1) is 5.92 Å². The summed E-state index contributed by atoms with van der Waals surface area (Å²) < 4.78 is 0. The van der Waals surface area contributed by atoms with E-state index >= 15 is 0 Å². The summed E-state index contributed by atoms with van der Waals surface area (Å²) in [5.74, 6) is 0.0486. The minimum atomic E-state index is 0.0486. The Balaban J connectivity index is 2.26. The van der Waals surface area contributed by atoms with Crippen LogP contribution in [0.1, 0.15) is 12.8 Å². The fourth-order valence-corrected chi connectivity index (χ4v) is 0.790. The second-order valence-corrected chi connectivity index (χ2v) is 2.14. The van der Waals surface area contributed by atoms with Crippen molar-refractivity contribution < 1.29 is 14.6 Å². The van der Waals surface area contributed by atoms with Crippen LogP contribution in [-0.2, 0) is 14.6 Å². The summed E-state index contributed by atoms with van der Waals surface area (Å²) >= 11 is 0. The van der Waals surface area contributed by atoms with Crippen molar-refractivity contribution in [2.75, 3.05) is 13.2 Å². The number of rotatable bonds is 1. The predicted octanol–water partition coefficient (Wildman–Crippen LogP) is 0.543. The lowest BCUT2D eigenvalue weighted by Crippen LogP contribution is -2.06. The Hall–Kier alpha value is -0.410. The van der Waals surface area contributed by atoms with Crippen LogP contribution in [0.5, 0.6) is 0 Å². The van der Waals surface area contributed by atoms with Crippen LogP contribution in [-0.4, -0.2) is 19.5 Å². The van der Waals surface area contributed by atoms with Crippen LogP contribution in [0.2, 0.25) is 0 Å². The Labute approximate surface area is 53.9 Å². The number of carbonyl (C=O) groups excluding carboxylic acids is 1. The highest BCUT2D eigenvalue weighted by molar-refractivity contribution is 5.53. The quantitative estimate of drug-likeness (QED) is 0.384. The van der Waals surface area contributed by atoms with E-state index in [1.807, 2.05) is 0 Å². The van der Waals surface area contributed by atoms with Gasteiger partial charge in [0.25, 0.3) is 0 Å². The molecule has 0 aromatic heterocycles. The van der Waals surface area contributed by atoms with Crippen molar-refractivity contribution in [2.45, 2.75) is 12.8 Å². The van der Waals surface area contributed by atoms with Gasteiger partial charge in [-0.3, -0.25) is 0 Å². The Morgan fingerprint density at radius 1 is 1.44 bits per heavy atom. The molecule has 0 spiro atoms. The van der Waals surface area contributed by atoms with E-state index in [1.165, 1.54) is 0 Å². The SMILES string of the molecule is O=CC1CCCOOC1. The number of aldehydes is 1. The average molecular weight is 130 g/mol. The van der Waals surface area contributed by atoms with Gasteiger partial charge < -0.3 is 4.79 Å². The van der Waals surface area contributed by atoms with Crippen LogP contribution < -0.4 is 0 Å². The highest BCUT2D eigenvalue weighted by atomic mass is 17.2. The minimum Gasteiger partial charge on any atom is -0.303 e. The average Bonchev–Trinajstić information content (AvgIpc) is 2.13. The van der Waals surface area contributed by atoms with Gasteiger partial charge >= 0.3 is 0 Å². The van der Waals surface area contributed by atoms with E-state index in [9.17, 15) is 4.79 Å². The van der Waals surface area contributed by atoms with Crippen molar-refractivity contribution in [3.05, 3.63) is 0 Å². The molecule has 1 saturated heterocycles. The molecule has 1 heterocycles. The lowest BCUT2D eigenvalue weighted by molar-refractivity contribution is -0.290. The zero-order chi connectivity index (χ0) is 6.53. The minimum absolute atomic E-state index is 0.0486. The zero-order valence-electron chi connectivity index (χ0n) is 5.21. The first-order valence-corrected chi connectivity index (χ1v) is 3.13. The highest BCUT2D eigenvalue weighted by Gasteiger charge is 2.10. The molecule has 1 unspecified atom stereocenters. The molecular formula is C6H10O3. The largest absolute Gasteiger partial charge is 0.303 e. The fraction of sp³-hybridized carbons (Fsp3) is 0.833. The monoisotopic (exact) mass is 130 g/mol. The van der Waals surface area contributed by atoms with Gasteiger partial charge in [0.1, 0.15) is 6.29 Å². The zero-order valence-corrected chi connectivity index (χ0v) is 5.21. The van der Waals surface area contributed by atoms with Gasteiger partial charge in [0.15, 0.2) is 0 Å². The van der Waals surface area contributed by atoms with E-state index < -0.39 is 0 Å². The van der Waals surface area contributed by atoms with Gasteiger partial charge in [0, 0.05) is 5.92 Å². The molecule has 0 aromatic rings. The lowest BCUT2D eigenvalue weighted by Gasteiger charge is -2.00. The lowest BCUT2D eigenvalue weighted by atomic mass is 10.1. The van der Waals surface area contributed by atoms with Crippen molar-refractivity contribution in [3.8, 4) is 0 Å². The summed E-state index contributed by atoms with van der Waals surface area (Å²) in [6, 6.07) is 0. The first-order valence-electron chi connectivity index (χ1n) is 3.13. The highest BCUT2D eigenvalue weighted by Crippen LogP contribution is 2.08. The molecule has 0 amide bonds. The van der Waals surface area contributed by atoms with E-state index in [2.05, 4.69) is 9.78 Å². The molecule has 1 fully saturated rings. The maximum atomic E-state index is 10.2. The maximum Gasteiger partial charge on any atom is 0.125 e. The van der Waals surface area contributed by atoms with E-state index in [0.29, 0.717) is 13.2 Å². The maximum absolute atomic E-state index is 10.2. The van der Waals surface area contributed by atoms with Crippen LogP contribution in [0.25, 0.3) is 0 Å². The molecule has 1 aliphatic rings. The Morgan fingerprint density at radius 2 is 2.33 bits per heavy atom. The number of hydrogen-bond donors (Lipinski definition) is 0. The standard InChI is InChI=1S/C6H10O3/c7-4-6-2-1-3-8-9-5-6/h4,6H,1-3,5H2. The summed E-state index contributed by atoms with van der Waals surface area (Å²) in [7, 11) is 0. The van der Waals surface area contributed by atoms with E-state index in [1.54, 1.807) is 0 Å². The molecular weight excluding hydrogens is 120 g/mol. The van der Waals surface area contributed by atoms with Crippen LogP contribution in [0.4, 0.5) is 0 Å². The van der Waals surface area contributed by atoms with Crippen molar-refractivity contribution in [1.82, 2.24) is 0 Å². The van der Waals surface area contributed by atoms with E-state index in [0.717, 1.165) is 19.1 Å². The molecule has 3 heteroatoms. The third-order valence-electron chi connectivity index (χ3n) is 1.36. The molecule has 0 aliphatic carbocycles. The molecule has 1 atom stereocenters. The summed E-state index contributed by atoms with van der Waals surface area (Å²) in [6.07, 6.45) is 2.74. The van der Waals surface area contributed by atoms with Crippen LogP contribution in [0.15, 0.2) is 0 Å². The summed E-state index contributed by atoms with van der Waals surface area (Å²) in [5, 5.41) is 0. The summed E-state index contributed by atoms with van der Waals surface area (Å²) in [6.45, 7) is 1.04. The fourth-order valence-electron chi connectivity index (χ4n) is 0.790. The Bertz CT molecular complexity index is 84.3. The topological polar surface area (TPSA) is 35.5 Å². The molecule has 0 aromatic carbocycles. The Morgan fingerprint density at radius 3 is 3.11 bits per heavy atom. The molecule has 0 bridgehead atoms. The van der Waals surface area contributed by atoms with Gasteiger partial charge in [-0.05, 0) is 12.8 Å². The van der Waals surface area contributed by atoms with E-state index in [4.69, 9.17) is 0 Å². The van der Waals surface area contributed by atoms with Gasteiger partial charge in [-0.15, -0.1) is 0 Å². The second kappa shape index (κ2) is 3.58. The molecule has 9 heavy (non-hydrogen) atoms. The van der Waals surface area contributed by atoms with Crippen molar-refractivity contribution in [2.24, 2.45) is 5.92 Å². The number of carbonyl (C=O) groups is 1. The van der Waals surface area contributed by atoms with Crippen LogP contribution >= 0.6 is 0 Å². The first-order chi connectivity index (χ1) is 4.43. The Kier molecular flexibility index (Phi) is 2.67. The predicted molar refractivity (Wildman–Crippen MR) is 30.7 cm³/mol. The molecule has 52 valence electrons. The van der Waals surface area contributed by atoms with Crippen molar-refractivity contribution in [1.29, 1.82) is 0 Å². The second-order valence-electron chi connectivity index (χ2n) is 2.14. The first kappa shape index (κ1) is 6.71. The van der Waals surface area contributed by atoms with Crippen molar-refractivity contribution in [3.63, 3.8) is 0 Å². The molecule has 1 aliphatic heterocycles. The van der Waals surface area contributed by atoms with Crippen molar-refractivity contribution >= 4 is 6.29 Å². The van der Waals surface area contributed by atoms with Gasteiger partial charge in [-0.2, -0.15) is 0 Å². The third-order valence-corrected chi connectivity index (χ3v) is 1.36. The molecule has 1 rings (SSSR count).